The predicted octanol–water partition coefficient (Wildman–Crippen LogP) is 2.03. The van der Waals surface area contributed by atoms with Gasteiger partial charge in [-0.25, -0.2) is 0 Å². The molecule has 0 aliphatic carbocycles. The van der Waals surface area contributed by atoms with Crippen LogP contribution in [0.15, 0.2) is 24.3 Å². The fraction of sp³-hybridized carbons (Fsp3) is 0.400. The number of nitrogens with two attached hydrogens (primary N) is 1. The van der Waals surface area contributed by atoms with Crippen molar-refractivity contribution in [2.24, 2.45) is 0 Å². The molecule has 0 aromatic heterocycles. The van der Waals surface area contributed by atoms with Crippen molar-refractivity contribution in [3.05, 3.63) is 24.3 Å². The van der Waals surface area contributed by atoms with Crippen LogP contribution in [-0.4, -0.2) is 12.9 Å². The maximum absolute atomic E-state index is 5.68. The molecule has 1 aromatic carbocycles. The lowest BCUT2D eigenvalue weighted by atomic mass is 10.3. The molecular weight excluding hydrogens is 166 g/mol. The molecule has 1 aromatic rings. The number of anilines is 1. The molecule has 13 heavy (non-hydrogen) atoms. The zero-order valence-corrected chi connectivity index (χ0v) is 7.99. The minimum atomic E-state index is -0.255. The van der Waals surface area contributed by atoms with E-state index in [4.69, 9.17) is 15.2 Å². The van der Waals surface area contributed by atoms with Gasteiger partial charge < -0.3 is 15.2 Å². The second-order valence-electron chi connectivity index (χ2n) is 2.68. The summed E-state index contributed by atoms with van der Waals surface area (Å²) < 4.78 is 10.7. The SMILES string of the molecule is CCOC(C)Oc1ccccc1N. The zero-order chi connectivity index (χ0) is 9.68. The van der Waals surface area contributed by atoms with Crippen LogP contribution in [0.2, 0.25) is 0 Å². The number of para-hydroxylation sites is 2. The maximum atomic E-state index is 5.68. The molecular formula is C10H15NO2. The molecule has 0 amide bonds. The van der Waals surface area contributed by atoms with Gasteiger partial charge in [-0.2, -0.15) is 0 Å². The van der Waals surface area contributed by atoms with Crippen molar-refractivity contribution >= 4 is 5.69 Å². The van der Waals surface area contributed by atoms with Crippen LogP contribution in [0.5, 0.6) is 5.75 Å². The summed E-state index contributed by atoms with van der Waals surface area (Å²) in [6.07, 6.45) is -0.255. The molecule has 3 nitrogen and oxygen atoms in total. The van der Waals surface area contributed by atoms with Gasteiger partial charge in [0, 0.05) is 6.61 Å². The van der Waals surface area contributed by atoms with Gasteiger partial charge in [-0.3, -0.25) is 0 Å². The fourth-order valence-electron chi connectivity index (χ4n) is 1.04. The Balaban J connectivity index is 2.58. The van der Waals surface area contributed by atoms with Crippen LogP contribution in [0.3, 0.4) is 0 Å². The summed E-state index contributed by atoms with van der Waals surface area (Å²) in [5.74, 6) is 0.670. The van der Waals surface area contributed by atoms with Crippen molar-refractivity contribution in [1.82, 2.24) is 0 Å². The van der Waals surface area contributed by atoms with Crippen molar-refractivity contribution in [1.29, 1.82) is 0 Å². The normalized spacial score (nSPS) is 12.5. The van der Waals surface area contributed by atoms with Gasteiger partial charge in [0.1, 0.15) is 5.75 Å². The maximum Gasteiger partial charge on any atom is 0.197 e. The highest BCUT2D eigenvalue weighted by Crippen LogP contribution is 2.21. The van der Waals surface area contributed by atoms with Gasteiger partial charge in [0.15, 0.2) is 6.29 Å². The average Bonchev–Trinajstić information content (AvgIpc) is 2.09. The first-order valence-corrected chi connectivity index (χ1v) is 4.36. The van der Waals surface area contributed by atoms with Gasteiger partial charge in [0.25, 0.3) is 0 Å². The smallest absolute Gasteiger partial charge is 0.197 e. The lowest BCUT2D eigenvalue weighted by Gasteiger charge is -2.15. The Kier molecular flexibility index (Phi) is 3.58. The van der Waals surface area contributed by atoms with E-state index >= 15 is 0 Å². The van der Waals surface area contributed by atoms with Crippen LogP contribution in [-0.2, 0) is 4.74 Å². The van der Waals surface area contributed by atoms with E-state index in [9.17, 15) is 0 Å². The number of ether oxygens (including phenoxy) is 2. The molecule has 2 N–H and O–H groups in total. The summed E-state index contributed by atoms with van der Waals surface area (Å²) >= 11 is 0. The molecule has 1 atom stereocenters. The standard InChI is InChI=1S/C10H15NO2/c1-3-12-8(2)13-10-7-5-4-6-9(10)11/h4-8H,3,11H2,1-2H3. The second kappa shape index (κ2) is 4.72. The highest BCUT2D eigenvalue weighted by molar-refractivity contribution is 5.51. The monoisotopic (exact) mass is 181 g/mol. The van der Waals surface area contributed by atoms with Crippen molar-refractivity contribution in [3.63, 3.8) is 0 Å². The molecule has 0 aliphatic rings. The Morgan fingerprint density at radius 2 is 2.08 bits per heavy atom. The molecule has 0 spiro atoms. The van der Waals surface area contributed by atoms with Crippen LogP contribution in [0.25, 0.3) is 0 Å². The van der Waals surface area contributed by atoms with E-state index in [2.05, 4.69) is 0 Å². The Bertz CT molecular complexity index is 263. The van der Waals surface area contributed by atoms with Crippen molar-refractivity contribution in [3.8, 4) is 5.75 Å². The topological polar surface area (TPSA) is 44.5 Å². The summed E-state index contributed by atoms with van der Waals surface area (Å²) in [5.41, 5.74) is 6.32. The Labute approximate surface area is 78.5 Å². The van der Waals surface area contributed by atoms with Gasteiger partial charge in [-0.05, 0) is 26.0 Å². The quantitative estimate of drug-likeness (QED) is 0.571. The third kappa shape index (κ3) is 2.95. The van der Waals surface area contributed by atoms with Crippen LogP contribution in [0.4, 0.5) is 5.69 Å². The Hall–Kier alpha value is -1.22. The van der Waals surface area contributed by atoms with E-state index in [1.165, 1.54) is 0 Å². The molecule has 0 aliphatic heterocycles. The summed E-state index contributed by atoms with van der Waals surface area (Å²) in [6, 6.07) is 7.37. The van der Waals surface area contributed by atoms with Gasteiger partial charge in [0.05, 0.1) is 5.69 Å². The molecule has 0 saturated carbocycles. The zero-order valence-electron chi connectivity index (χ0n) is 7.99. The van der Waals surface area contributed by atoms with Crippen LogP contribution < -0.4 is 10.5 Å². The molecule has 0 saturated heterocycles. The second-order valence-corrected chi connectivity index (χ2v) is 2.68. The fourth-order valence-corrected chi connectivity index (χ4v) is 1.04. The van der Waals surface area contributed by atoms with Crippen LogP contribution >= 0.6 is 0 Å². The number of nitrogen functional groups attached to an aromatic ring is 1. The van der Waals surface area contributed by atoms with E-state index in [1.807, 2.05) is 32.0 Å². The average molecular weight is 181 g/mol. The van der Waals surface area contributed by atoms with Gasteiger partial charge in [-0.1, -0.05) is 12.1 Å². The number of rotatable bonds is 4. The number of hydrogen-bond acceptors (Lipinski definition) is 3. The van der Waals surface area contributed by atoms with Crippen molar-refractivity contribution < 1.29 is 9.47 Å². The lowest BCUT2D eigenvalue weighted by Crippen LogP contribution is -2.16. The Morgan fingerprint density at radius 1 is 1.38 bits per heavy atom. The molecule has 72 valence electrons. The molecule has 1 unspecified atom stereocenters. The molecule has 1 rings (SSSR count). The molecule has 3 heteroatoms. The first-order valence-electron chi connectivity index (χ1n) is 4.36. The van der Waals surface area contributed by atoms with Crippen LogP contribution in [0.1, 0.15) is 13.8 Å². The predicted molar refractivity (Wildman–Crippen MR) is 52.6 cm³/mol. The number of hydrogen-bond donors (Lipinski definition) is 1. The molecule has 0 bridgehead atoms. The van der Waals surface area contributed by atoms with E-state index in [0.29, 0.717) is 18.0 Å². The van der Waals surface area contributed by atoms with E-state index in [-0.39, 0.29) is 6.29 Å². The van der Waals surface area contributed by atoms with Gasteiger partial charge in [-0.15, -0.1) is 0 Å². The summed E-state index contributed by atoms with van der Waals surface area (Å²) in [5, 5.41) is 0. The third-order valence-corrected chi connectivity index (χ3v) is 1.61. The number of benzene rings is 1. The van der Waals surface area contributed by atoms with Crippen LogP contribution in [0, 0.1) is 0 Å². The first-order chi connectivity index (χ1) is 6.24. The molecule has 0 heterocycles. The van der Waals surface area contributed by atoms with E-state index in [0.717, 1.165) is 0 Å². The summed E-state index contributed by atoms with van der Waals surface area (Å²) in [7, 11) is 0. The highest BCUT2D eigenvalue weighted by atomic mass is 16.7. The van der Waals surface area contributed by atoms with Crippen molar-refractivity contribution in [2.75, 3.05) is 12.3 Å². The van der Waals surface area contributed by atoms with Gasteiger partial charge >= 0.3 is 0 Å². The summed E-state index contributed by atoms with van der Waals surface area (Å²) in [4.78, 5) is 0. The minimum absolute atomic E-state index is 0.255. The molecule has 0 fully saturated rings. The Morgan fingerprint density at radius 3 is 2.69 bits per heavy atom. The minimum Gasteiger partial charge on any atom is -0.463 e. The lowest BCUT2D eigenvalue weighted by molar-refractivity contribution is -0.0609. The van der Waals surface area contributed by atoms with E-state index in [1.54, 1.807) is 6.07 Å². The molecule has 0 radical (unpaired) electrons. The highest BCUT2D eigenvalue weighted by Gasteiger charge is 2.04. The third-order valence-electron chi connectivity index (χ3n) is 1.61. The first kappa shape index (κ1) is 9.86. The summed E-state index contributed by atoms with van der Waals surface area (Å²) in [6.45, 7) is 4.40. The van der Waals surface area contributed by atoms with Gasteiger partial charge in [0.2, 0.25) is 0 Å². The van der Waals surface area contributed by atoms with E-state index < -0.39 is 0 Å². The van der Waals surface area contributed by atoms with Crippen molar-refractivity contribution in [2.45, 2.75) is 20.1 Å². The largest absolute Gasteiger partial charge is 0.463 e.